The van der Waals surface area contributed by atoms with Crippen molar-refractivity contribution >= 4 is 21.5 Å². The van der Waals surface area contributed by atoms with Gasteiger partial charge in [-0.1, -0.05) is 5.16 Å². The molecule has 0 fully saturated rings. The molecule has 114 valence electrons. The summed E-state index contributed by atoms with van der Waals surface area (Å²) < 4.78 is 68.3. The quantitative estimate of drug-likeness (QED) is 0.846. The van der Waals surface area contributed by atoms with Crippen LogP contribution in [0, 0.1) is 6.92 Å². The van der Waals surface area contributed by atoms with Gasteiger partial charge in [0.25, 0.3) is 10.0 Å². The van der Waals surface area contributed by atoms with Crippen LogP contribution in [0.25, 0.3) is 0 Å². The molecule has 0 aliphatic rings. The predicted molar refractivity (Wildman–Crippen MR) is 67.9 cm³/mol. The number of nitrogen functional groups attached to an aromatic ring is 1. The lowest BCUT2D eigenvalue weighted by Crippen LogP contribution is -2.16. The Bertz CT molecular complexity index is 769. The zero-order valence-electron chi connectivity index (χ0n) is 10.6. The van der Waals surface area contributed by atoms with Crippen molar-refractivity contribution in [1.29, 1.82) is 0 Å². The number of anilines is 2. The fraction of sp³-hybridized carbons (Fsp3) is 0.182. The van der Waals surface area contributed by atoms with E-state index in [9.17, 15) is 21.6 Å². The number of halogens is 3. The number of hydrogen-bond acceptors (Lipinski definition) is 5. The van der Waals surface area contributed by atoms with Crippen molar-refractivity contribution < 1.29 is 26.1 Å². The van der Waals surface area contributed by atoms with Crippen molar-refractivity contribution in [1.82, 2.24) is 5.16 Å². The van der Waals surface area contributed by atoms with Gasteiger partial charge in [-0.25, -0.2) is 8.42 Å². The van der Waals surface area contributed by atoms with Crippen LogP contribution in [0.4, 0.5) is 24.7 Å². The minimum absolute atomic E-state index is 0.0909. The van der Waals surface area contributed by atoms with E-state index in [0.29, 0.717) is 17.9 Å². The summed E-state index contributed by atoms with van der Waals surface area (Å²) in [6, 6.07) is 3.30. The number of nitrogens with two attached hydrogens (primary N) is 1. The van der Waals surface area contributed by atoms with Gasteiger partial charge in [-0.3, -0.25) is 4.72 Å². The molecule has 0 spiro atoms. The molecule has 1 heterocycles. The summed E-state index contributed by atoms with van der Waals surface area (Å²) in [7, 11) is -4.16. The van der Waals surface area contributed by atoms with Crippen molar-refractivity contribution in [3.63, 3.8) is 0 Å². The van der Waals surface area contributed by atoms with Gasteiger partial charge in [0, 0.05) is 6.07 Å². The summed E-state index contributed by atoms with van der Waals surface area (Å²) in [4.78, 5) is -0.476. The molecule has 0 aliphatic heterocycles. The van der Waals surface area contributed by atoms with Gasteiger partial charge in [0.15, 0.2) is 5.82 Å². The Labute approximate surface area is 117 Å². The van der Waals surface area contributed by atoms with Crippen molar-refractivity contribution in [2.45, 2.75) is 18.0 Å². The lowest BCUT2D eigenvalue weighted by Gasteiger charge is -2.11. The molecule has 0 unspecified atom stereocenters. The smallest absolute Gasteiger partial charge is 0.398 e. The van der Waals surface area contributed by atoms with E-state index < -0.39 is 32.3 Å². The van der Waals surface area contributed by atoms with Crippen LogP contribution in [-0.2, 0) is 16.2 Å². The average Bonchev–Trinajstić information content (AvgIpc) is 2.72. The van der Waals surface area contributed by atoms with Crippen LogP contribution in [0.2, 0.25) is 0 Å². The average molecular weight is 321 g/mol. The Morgan fingerprint density at radius 2 is 1.95 bits per heavy atom. The van der Waals surface area contributed by atoms with Crippen LogP contribution < -0.4 is 10.5 Å². The number of alkyl halides is 3. The second-order valence-electron chi connectivity index (χ2n) is 4.18. The zero-order valence-corrected chi connectivity index (χ0v) is 11.4. The lowest BCUT2D eigenvalue weighted by molar-refractivity contribution is -0.137. The minimum atomic E-state index is -4.60. The molecule has 0 atom stereocenters. The second kappa shape index (κ2) is 4.95. The van der Waals surface area contributed by atoms with E-state index >= 15 is 0 Å². The number of nitrogens with zero attached hydrogens (tertiary/aromatic N) is 1. The van der Waals surface area contributed by atoms with Gasteiger partial charge < -0.3 is 10.3 Å². The fourth-order valence-electron chi connectivity index (χ4n) is 1.58. The van der Waals surface area contributed by atoms with E-state index in [1.165, 1.54) is 6.07 Å². The maximum Gasteiger partial charge on any atom is 0.416 e. The van der Waals surface area contributed by atoms with Gasteiger partial charge in [-0.2, -0.15) is 13.2 Å². The van der Waals surface area contributed by atoms with Gasteiger partial charge >= 0.3 is 6.18 Å². The van der Waals surface area contributed by atoms with Crippen LogP contribution in [0.3, 0.4) is 0 Å². The molecule has 1 aromatic heterocycles. The van der Waals surface area contributed by atoms with Gasteiger partial charge in [-0.05, 0) is 25.1 Å². The van der Waals surface area contributed by atoms with Crippen molar-refractivity contribution in [3.8, 4) is 0 Å². The highest BCUT2D eigenvalue weighted by atomic mass is 32.2. The Morgan fingerprint density at radius 3 is 2.43 bits per heavy atom. The number of nitrogens with one attached hydrogen (secondary N) is 1. The normalized spacial score (nSPS) is 12.4. The monoisotopic (exact) mass is 321 g/mol. The highest BCUT2D eigenvalue weighted by Gasteiger charge is 2.32. The molecule has 6 nitrogen and oxygen atoms in total. The number of sulfonamides is 1. The molecular weight excluding hydrogens is 311 g/mol. The molecule has 21 heavy (non-hydrogen) atoms. The third-order valence-corrected chi connectivity index (χ3v) is 3.92. The van der Waals surface area contributed by atoms with E-state index in [1.54, 1.807) is 6.92 Å². The molecule has 2 aromatic rings. The predicted octanol–water partition coefficient (Wildman–Crippen LogP) is 2.38. The van der Waals surface area contributed by atoms with Gasteiger partial charge in [0.1, 0.15) is 10.7 Å². The van der Waals surface area contributed by atoms with Crippen LogP contribution >= 0.6 is 0 Å². The van der Waals surface area contributed by atoms with Crippen molar-refractivity contribution in [2.75, 3.05) is 10.5 Å². The molecule has 3 N–H and O–H groups in total. The third kappa shape index (κ3) is 3.27. The topological polar surface area (TPSA) is 98.2 Å². The Kier molecular flexibility index (Phi) is 3.58. The highest BCUT2D eigenvalue weighted by molar-refractivity contribution is 7.92. The van der Waals surface area contributed by atoms with Crippen LogP contribution in [0.1, 0.15) is 11.3 Å². The Morgan fingerprint density at radius 1 is 1.29 bits per heavy atom. The van der Waals surface area contributed by atoms with Crippen LogP contribution in [0.15, 0.2) is 33.7 Å². The Balaban J connectivity index is 2.37. The maximum absolute atomic E-state index is 12.5. The second-order valence-corrected chi connectivity index (χ2v) is 5.83. The van der Waals surface area contributed by atoms with Gasteiger partial charge in [0.05, 0.1) is 11.3 Å². The van der Waals surface area contributed by atoms with Crippen molar-refractivity contribution in [2.24, 2.45) is 0 Å². The number of rotatable bonds is 3. The minimum Gasteiger partial charge on any atom is -0.398 e. The number of aromatic nitrogens is 1. The first-order valence-corrected chi connectivity index (χ1v) is 7.01. The van der Waals surface area contributed by atoms with E-state index in [0.717, 1.165) is 6.07 Å². The molecule has 0 saturated heterocycles. The molecule has 2 rings (SSSR count). The van der Waals surface area contributed by atoms with Crippen LogP contribution in [0.5, 0.6) is 0 Å². The maximum atomic E-state index is 12.5. The van der Waals surface area contributed by atoms with E-state index in [1.807, 2.05) is 0 Å². The fourth-order valence-corrected chi connectivity index (χ4v) is 2.67. The van der Waals surface area contributed by atoms with Gasteiger partial charge in [0.2, 0.25) is 0 Å². The highest BCUT2D eigenvalue weighted by Crippen LogP contribution is 2.32. The molecule has 0 aliphatic carbocycles. The van der Waals surface area contributed by atoms with E-state index in [-0.39, 0.29) is 5.82 Å². The molecule has 0 bridgehead atoms. The zero-order chi connectivity index (χ0) is 15.8. The Hall–Kier alpha value is -2.23. The van der Waals surface area contributed by atoms with Crippen LogP contribution in [-0.4, -0.2) is 13.6 Å². The first-order valence-electron chi connectivity index (χ1n) is 5.52. The number of hydrogen-bond donors (Lipinski definition) is 2. The molecule has 10 heteroatoms. The summed E-state index contributed by atoms with van der Waals surface area (Å²) in [6.07, 6.45) is -4.60. The summed E-state index contributed by atoms with van der Waals surface area (Å²) in [5.74, 6) is 0.278. The molecule has 0 saturated carbocycles. The summed E-state index contributed by atoms with van der Waals surface area (Å²) >= 11 is 0. The standard InChI is InChI=1S/C11H10F3N3O3S/c1-6-4-10(16-20-6)17-21(18,19)9-3-2-7(5-8(9)15)11(12,13)14/h2-5H,15H2,1H3,(H,16,17). The molecule has 1 aromatic carbocycles. The summed E-state index contributed by atoms with van der Waals surface area (Å²) in [6.45, 7) is 1.55. The lowest BCUT2D eigenvalue weighted by atomic mass is 10.2. The third-order valence-electron chi connectivity index (χ3n) is 2.49. The number of aryl methyl sites for hydroxylation is 1. The van der Waals surface area contributed by atoms with E-state index in [4.69, 9.17) is 5.73 Å². The number of benzene rings is 1. The molecule has 0 amide bonds. The van der Waals surface area contributed by atoms with Gasteiger partial charge in [-0.15, -0.1) is 0 Å². The molecular formula is C11H10F3N3O3S. The molecule has 0 radical (unpaired) electrons. The van der Waals surface area contributed by atoms with Crippen molar-refractivity contribution in [3.05, 3.63) is 35.6 Å². The first-order chi connectivity index (χ1) is 9.59. The SMILES string of the molecule is Cc1cc(NS(=O)(=O)c2ccc(C(F)(F)F)cc2N)no1. The summed E-state index contributed by atoms with van der Waals surface area (Å²) in [5, 5.41) is 3.43. The largest absolute Gasteiger partial charge is 0.416 e. The first kappa shape index (κ1) is 15.2. The summed E-state index contributed by atoms with van der Waals surface area (Å²) in [5.41, 5.74) is 3.85. The van der Waals surface area contributed by atoms with E-state index in [2.05, 4.69) is 14.4 Å².